The third kappa shape index (κ3) is 5.19. The molecule has 0 aliphatic carbocycles. The number of halogens is 1. The number of carbonyl (C=O) groups excluding carboxylic acids is 2. The second kappa shape index (κ2) is 8.85. The summed E-state index contributed by atoms with van der Waals surface area (Å²) in [6.45, 7) is 0.960. The van der Waals surface area contributed by atoms with E-state index >= 15 is 0 Å². The Balaban J connectivity index is 1.48. The quantitative estimate of drug-likeness (QED) is 0.756. The molecule has 0 bridgehead atoms. The van der Waals surface area contributed by atoms with Crippen molar-refractivity contribution < 1.29 is 14.3 Å². The van der Waals surface area contributed by atoms with Crippen molar-refractivity contribution in [3.8, 4) is 5.75 Å². The predicted octanol–water partition coefficient (Wildman–Crippen LogP) is 2.39. The van der Waals surface area contributed by atoms with Crippen molar-refractivity contribution >= 4 is 33.4 Å². The molecule has 1 aliphatic heterocycles. The van der Waals surface area contributed by atoms with Gasteiger partial charge in [0, 0.05) is 29.7 Å². The molecular formula is C19H20BrN3O4. The molecule has 2 aromatic rings. The number of H-pyrrole nitrogens is 1. The molecular weight excluding hydrogens is 414 g/mol. The minimum atomic E-state index is -0.350. The molecule has 0 unspecified atom stereocenters. The molecule has 2 N–H and O–H groups in total. The number of ether oxygens (including phenoxy) is 1. The Labute approximate surface area is 164 Å². The van der Waals surface area contributed by atoms with Crippen molar-refractivity contribution in [2.75, 3.05) is 25.0 Å². The van der Waals surface area contributed by atoms with Gasteiger partial charge in [0.25, 0.3) is 11.5 Å². The number of aromatic nitrogens is 1. The Morgan fingerprint density at radius 1 is 1.22 bits per heavy atom. The van der Waals surface area contributed by atoms with E-state index in [0.717, 1.165) is 0 Å². The number of benzene rings is 1. The number of hydrogen-bond acceptors (Lipinski definition) is 4. The number of carbonyl (C=O) groups is 2. The zero-order valence-electron chi connectivity index (χ0n) is 14.6. The lowest BCUT2D eigenvalue weighted by Crippen LogP contribution is -2.43. The molecule has 7 nitrogen and oxygen atoms in total. The molecule has 142 valence electrons. The Bertz CT molecular complexity index is 861. The Morgan fingerprint density at radius 3 is 2.63 bits per heavy atom. The highest BCUT2D eigenvalue weighted by Gasteiger charge is 2.27. The van der Waals surface area contributed by atoms with Crippen LogP contribution in [0.15, 0.2) is 51.9 Å². The zero-order chi connectivity index (χ0) is 19.2. The van der Waals surface area contributed by atoms with E-state index < -0.39 is 0 Å². The number of para-hydroxylation sites is 1. The Kier molecular flexibility index (Phi) is 6.28. The van der Waals surface area contributed by atoms with Gasteiger partial charge in [-0.05, 0) is 47.0 Å². The smallest absolute Gasteiger partial charge is 0.271 e. The minimum Gasteiger partial charge on any atom is -0.484 e. The fourth-order valence-electron chi connectivity index (χ4n) is 2.93. The van der Waals surface area contributed by atoms with Gasteiger partial charge in [0.1, 0.15) is 11.4 Å². The van der Waals surface area contributed by atoms with E-state index in [-0.39, 0.29) is 35.6 Å². The number of piperidine rings is 1. The van der Waals surface area contributed by atoms with Crippen LogP contribution in [-0.4, -0.2) is 41.4 Å². The highest BCUT2D eigenvalue weighted by Crippen LogP contribution is 2.20. The summed E-state index contributed by atoms with van der Waals surface area (Å²) in [5.41, 5.74) is -0.138. The molecule has 1 aromatic carbocycles. The maximum atomic E-state index is 12.4. The van der Waals surface area contributed by atoms with Crippen molar-refractivity contribution in [1.82, 2.24) is 9.88 Å². The molecule has 2 amide bonds. The molecule has 1 fully saturated rings. The van der Waals surface area contributed by atoms with Crippen LogP contribution in [0.1, 0.15) is 12.8 Å². The van der Waals surface area contributed by atoms with Gasteiger partial charge < -0.3 is 19.9 Å². The normalized spacial score (nSPS) is 14.6. The molecule has 1 saturated heterocycles. The van der Waals surface area contributed by atoms with E-state index in [1.807, 2.05) is 18.2 Å². The summed E-state index contributed by atoms with van der Waals surface area (Å²) in [7, 11) is 0. The fourth-order valence-corrected chi connectivity index (χ4v) is 3.27. The maximum Gasteiger partial charge on any atom is 0.271 e. The molecule has 8 heteroatoms. The minimum absolute atomic E-state index is 0.0195. The van der Waals surface area contributed by atoms with E-state index in [2.05, 4.69) is 26.2 Å². The van der Waals surface area contributed by atoms with Crippen LogP contribution < -0.4 is 15.6 Å². The summed E-state index contributed by atoms with van der Waals surface area (Å²) in [6.07, 6.45) is 2.61. The Morgan fingerprint density at radius 2 is 1.93 bits per heavy atom. The summed E-state index contributed by atoms with van der Waals surface area (Å²) in [6, 6.07) is 10.7. The van der Waals surface area contributed by atoms with Crippen LogP contribution in [0.4, 0.5) is 5.69 Å². The molecule has 0 atom stereocenters. The van der Waals surface area contributed by atoms with Crippen LogP contribution in [-0.2, 0) is 9.59 Å². The van der Waals surface area contributed by atoms with Gasteiger partial charge in [-0.15, -0.1) is 0 Å². The van der Waals surface area contributed by atoms with Crippen molar-refractivity contribution in [3.05, 3.63) is 57.4 Å². The molecule has 2 heterocycles. The number of pyridine rings is 1. The first-order valence-corrected chi connectivity index (χ1v) is 9.47. The third-order valence-corrected chi connectivity index (χ3v) is 4.91. The van der Waals surface area contributed by atoms with Gasteiger partial charge in [0.05, 0.1) is 0 Å². The lowest BCUT2D eigenvalue weighted by atomic mass is 9.96. The highest BCUT2D eigenvalue weighted by molar-refractivity contribution is 9.10. The van der Waals surface area contributed by atoms with E-state index in [4.69, 9.17) is 4.74 Å². The van der Waals surface area contributed by atoms with Gasteiger partial charge >= 0.3 is 0 Å². The number of aromatic amines is 1. The summed E-state index contributed by atoms with van der Waals surface area (Å²) in [4.78, 5) is 40.7. The number of nitrogens with one attached hydrogen (secondary N) is 2. The fraction of sp³-hybridized carbons (Fsp3) is 0.316. The van der Waals surface area contributed by atoms with Crippen LogP contribution in [0.5, 0.6) is 5.75 Å². The molecule has 1 aliphatic rings. The lowest BCUT2D eigenvalue weighted by Gasteiger charge is -2.31. The number of anilines is 1. The maximum absolute atomic E-state index is 12.4. The summed E-state index contributed by atoms with van der Waals surface area (Å²) in [5.74, 6) is 0.120. The average molecular weight is 434 g/mol. The SMILES string of the molecule is O=C(Nc1cc(Br)c[nH]c1=O)C1CCN(C(=O)COc2ccccc2)CC1. The number of likely N-dealkylation sites (tertiary alicyclic amines) is 1. The van der Waals surface area contributed by atoms with Crippen molar-refractivity contribution in [2.24, 2.45) is 5.92 Å². The third-order valence-electron chi connectivity index (χ3n) is 4.45. The van der Waals surface area contributed by atoms with E-state index in [1.165, 1.54) is 6.20 Å². The van der Waals surface area contributed by atoms with E-state index in [9.17, 15) is 14.4 Å². The van der Waals surface area contributed by atoms with Gasteiger partial charge in [-0.3, -0.25) is 14.4 Å². The first kappa shape index (κ1) is 19.2. The monoisotopic (exact) mass is 433 g/mol. The second-order valence-electron chi connectivity index (χ2n) is 6.31. The molecule has 0 radical (unpaired) electrons. The molecule has 1 aromatic heterocycles. The van der Waals surface area contributed by atoms with Crippen molar-refractivity contribution in [1.29, 1.82) is 0 Å². The van der Waals surface area contributed by atoms with E-state index in [0.29, 0.717) is 36.2 Å². The van der Waals surface area contributed by atoms with Gasteiger partial charge in [-0.2, -0.15) is 0 Å². The van der Waals surface area contributed by atoms with Gasteiger partial charge in [-0.1, -0.05) is 18.2 Å². The van der Waals surface area contributed by atoms with Crippen LogP contribution >= 0.6 is 15.9 Å². The summed E-state index contributed by atoms with van der Waals surface area (Å²) < 4.78 is 6.16. The van der Waals surface area contributed by atoms with Crippen LogP contribution in [0.3, 0.4) is 0 Å². The van der Waals surface area contributed by atoms with Gasteiger partial charge in [-0.25, -0.2) is 0 Å². The van der Waals surface area contributed by atoms with Crippen LogP contribution in [0, 0.1) is 5.92 Å². The van der Waals surface area contributed by atoms with Crippen LogP contribution in [0.25, 0.3) is 0 Å². The lowest BCUT2D eigenvalue weighted by molar-refractivity contribution is -0.136. The first-order chi connectivity index (χ1) is 13.0. The van der Waals surface area contributed by atoms with Crippen LogP contribution in [0.2, 0.25) is 0 Å². The average Bonchev–Trinajstić information content (AvgIpc) is 2.70. The number of rotatable bonds is 5. The first-order valence-electron chi connectivity index (χ1n) is 8.67. The largest absolute Gasteiger partial charge is 0.484 e. The molecule has 0 spiro atoms. The zero-order valence-corrected chi connectivity index (χ0v) is 16.2. The van der Waals surface area contributed by atoms with Crippen molar-refractivity contribution in [3.63, 3.8) is 0 Å². The van der Waals surface area contributed by atoms with Gasteiger partial charge in [0.15, 0.2) is 6.61 Å². The standard InChI is InChI=1S/C19H20BrN3O4/c20-14-10-16(19(26)21-11-14)22-18(25)13-6-8-23(9-7-13)17(24)12-27-15-4-2-1-3-5-15/h1-5,10-11,13H,6-9,12H2,(H,21,26)(H,22,25). The van der Waals surface area contributed by atoms with Crippen molar-refractivity contribution in [2.45, 2.75) is 12.8 Å². The van der Waals surface area contributed by atoms with E-state index in [1.54, 1.807) is 23.1 Å². The van der Waals surface area contributed by atoms with Gasteiger partial charge in [0.2, 0.25) is 5.91 Å². The molecule has 27 heavy (non-hydrogen) atoms. The highest BCUT2D eigenvalue weighted by atomic mass is 79.9. The summed E-state index contributed by atoms with van der Waals surface area (Å²) in [5, 5.41) is 2.67. The topological polar surface area (TPSA) is 91.5 Å². The molecule has 0 saturated carbocycles. The molecule has 3 rings (SSSR count). The predicted molar refractivity (Wildman–Crippen MR) is 105 cm³/mol. The number of amides is 2. The summed E-state index contributed by atoms with van der Waals surface area (Å²) >= 11 is 3.26. The second-order valence-corrected chi connectivity index (χ2v) is 7.22. The number of hydrogen-bond donors (Lipinski definition) is 2. The number of nitrogens with zero attached hydrogens (tertiary/aromatic N) is 1. The Hall–Kier alpha value is -2.61.